The first-order valence-electron chi connectivity index (χ1n) is 8.43. The van der Waals surface area contributed by atoms with Crippen molar-refractivity contribution >= 4 is 34.8 Å². The van der Waals surface area contributed by atoms with Crippen molar-refractivity contribution < 1.29 is 4.74 Å². The number of nitrogens with zero attached hydrogens (tertiary/aromatic N) is 2. The van der Waals surface area contributed by atoms with Crippen LogP contribution >= 0.6 is 12.2 Å². The molecular weight excluding hydrogens is 334 g/mol. The second kappa shape index (κ2) is 9.17. The number of aromatic nitrogens is 2. The predicted octanol–water partition coefficient (Wildman–Crippen LogP) is 4.01. The van der Waals surface area contributed by atoms with E-state index < -0.39 is 0 Å². The van der Waals surface area contributed by atoms with E-state index in [9.17, 15) is 0 Å². The topological polar surface area (TPSA) is 71.1 Å². The number of benzene rings is 1. The minimum Gasteiger partial charge on any atom is -0.494 e. The molecule has 0 bridgehead atoms. The first-order chi connectivity index (χ1) is 12.0. The van der Waals surface area contributed by atoms with Gasteiger partial charge in [-0.25, -0.2) is 4.98 Å². The number of hydrogen-bond acceptors (Lipinski definition) is 5. The Morgan fingerprint density at radius 1 is 1.20 bits per heavy atom. The Morgan fingerprint density at radius 2 is 1.92 bits per heavy atom. The molecule has 6 nitrogen and oxygen atoms in total. The lowest BCUT2D eigenvalue weighted by molar-refractivity contribution is 0.340. The fourth-order valence-corrected chi connectivity index (χ4v) is 2.39. The molecule has 0 spiro atoms. The summed E-state index contributed by atoms with van der Waals surface area (Å²) in [6, 6.07) is 9.92. The van der Waals surface area contributed by atoms with Crippen LogP contribution in [0.3, 0.4) is 0 Å². The van der Waals surface area contributed by atoms with Gasteiger partial charge in [-0.1, -0.05) is 6.92 Å². The zero-order chi connectivity index (χ0) is 18.2. The third kappa shape index (κ3) is 6.19. The standard InChI is InChI=1S/C18H25N5OS/c1-5-12(3)20-18(25)23-17-19-13(4)11-16(22-17)21-14-7-9-15(10-8-14)24-6-2/h7-12H,5-6H2,1-4H3,(H3,19,20,21,22,23,25)/t12-/m1/s1. The first kappa shape index (κ1) is 18.9. The highest BCUT2D eigenvalue weighted by molar-refractivity contribution is 7.80. The van der Waals surface area contributed by atoms with Gasteiger partial charge in [0, 0.05) is 23.5 Å². The average molecular weight is 359 g/mol. The Balaban J connectivity index is 2.06. The van der Waals surface area contributed by atoms with E-state index >= 15 is 0 Å². The van der Waals surface area contributed by atoms with Gasteiger partial charge in [0.05, 0.1) is 6.61 Å². The minimum absolute atomic E-state index is 0.297. The lowest BCUT2D eigenvalue weighted by Gasteiger charge is -2.15. The largest absolute Gasteiger partial charge is 0.494 e. The van der Waals surface area contributed by atoms with Crippen LogP contribution in [0.15, 0.2) is 30.3 Å². The Kier molecular flexibility index (Phi) is 6.94. The van der Waals surface area contributed by atoms with Crippen LogP contribution in [0.1, 0.15) is 32.9 Å². The number of nitrogens with one attached hydrogen (secondary N) is 3. The second-order valence-corrected chi connectivity index (χ2v) is 6.12. The van der Waals surface area contributed by atoms with Crippen molar-refractivity contribution in [3.05, 3.63) is 36.0 Å². The molecule has 0 amide bonds. The van der Waals surface area contributed by atoms with Crippen LogP contribution in [0.4, 0.5) is 17.5 Å². The molecule has 2 aromatic rings. The van der Waals surface area contributed by atoms with E-state index in [1.54, 1.807) is 0 Å². The van der Waals surface area contributed by atoms with Crippen molar-refractivity contribution in [2.45, 2.75) is 40.2 Å². The van der Waals surface area contributed by atoms with E-state index in [0.29, 0.717) is 29.5 Å². The van der Waals surface area contributed by atoms with Gasteiger partial charge in [-0.3, -0.25) is 0 Å². The maximum atomic E-state index is 5.45. The van der Waals surface area contributed by atoms with Crippen molar-refractivity contribution in [1.29, 1.82) is 0 Å². The Hall–Kier alpha value is -2.41. The molecule has 25 heavy (non-hydrogen) atoms. The second-order valence-electron chi connectivity index (χ2n) is 5.71. The molecule has 1 atom stereocenters. The predicted molar refractivity (Wildman–Crippen MR) is 107 cm³/mol. The summed E-state index contributed by atoms with van der Waals surface area (Å²) in [7, 11) is 0. The summed E-state index contributed by atoms with van der Waals surface area (Å²) in [4.78, 5) is 8.85. The summed E-state index contributed by atoms with van der Waals surface area (Å²) < 4.78 is 5.45. The van der Waals surface area contributed by atoms with Crippen molar-refractivity contribution in [1.82, 2.24) is 15.3 Å². The van der Waals surface area contributed by atoms with Crippen LogP contribution in [0.5, 0.6) is 5.75 Å². The van der Waals surface area contributed by atoms with Crippen LogP contribution in [-0.2, 0) is 0 Å². The molecule has 1 heterocycles. The Bertz CT molecular complexity index is 705. The quantitative estimate of drug-likeness (QED) is 0.645. The number of ether oxygens (including phenoxy) is 1. The molecule has 2 rings (SSSR count). The number of hydrogen-bond donors (Lipinski definition) is 3. The van der Waals surface area contributed by atoms with Gasteiger partial charge in [-0.05, 0) is 63.7 Å². The molecule has 1 aromatic heterocycles. The van der Waals surface area contributed by atoms with Gasteiger partial charge in [0.15, 0.2) is 5.11 Å². The molecule has 3 N–H and O–H groups in total. The van der Waals surface area contributed by atoms with Crippen LogP contribution < -0.4 is 20.7 Å². The highest BCUT2D eigenvalue weighted by atomic mass is 32.1. The van der Waals surface area contributed by atoms with Gasteiger partial charge in [0.25, 0.3) is 0 Å². The van der Waals surface area contributed by atoms with Gasteiger partial charge in [-0.2, -0.15) is 4.98 Å². The molecule has 7 heteroatoms. The minimum atomic E-state index is 0.297. The van der Waals surface area contributed by atoms with Crippen molar-refractivity contribution in [3.8, 4) is 5.75 Å². The smallest absolute Gasteiger partial charge is 0.231 e. The number of rotatable bonds is 7. The third-order valence-corrected chi connectivity index (χ3v) is 3.73. The SMILES string of the molecule is CCOc1ccc(Nc2cc(C)nc(NC(=S)N[C@H](C)CC)n2)cc1. The summed E-state index contributed by atoms with van der Waals surface area (Å²) in [6.07, 6.45) is 0.987. The van der Waals surface area contributed by atoms with E-state index in [1.807, 2.05) is 44.2 Å². The highest BCUT2D eigenvalue weighted by Crippen LogP contribution is 2.20. The molecule has 0 unspecified atom stereocenters. The van der Waals surface area contributed by atoms with Crippen LogP contribution in [0.2, 0.25) is 0 Å². The molecule has 0 aliphatic carbocycles. The van der Waals surface area contributed by atoms with Crippen molar-refractivity contribution in [2.75, 3.05) is 17.2 Å². The molecule has 0 aliphatic heterocycles. The molecule has 0 fully saturated rings. The monoisotopic (exact) mass is 359 g/mol. The first-order valence-corrected chi connectivity index (χ1v) is 8.84. The molecule has 0 aliphatic rings. The van der Waals surface area contributed by atoms with Crippen LogP contribution in [0, 0.1) is 6.92 Å². The lowest BCUT2D eigenvalue weighted by atomic mass is 10.3. The Morgan fingerprint density at radius 3 is 2.56 bits per heavy atom. The van der Waals surface area contributed by atoms with Crippen molar-refractivity contribution in [3.63, 3.8) is 0 Å². The fraction of sp³-hybridized carbons (Fsp3) is 0.389. The summed E-state index contributed by atoms with van der Waals surface area (Å²) in [5.41, 5.74) is 1.77. The van der Waals surface area contributed by atoms with Gasteiger partial charge >= 0.3 is 0 Å². The molecule has 0 radical (unpaired) electrons. The van der Waals surface area contributed by atoms with Gasteiger partial charge in [-0.15, -0.1) is 0 Å². The van der Waals surface area contributed by atoms with E-state index in [4.69, 9.17) is 17.0 Å². The number of thiocarbonyl (C=S) groups is 1. The van der Waals surface area contributed by atoms with Crippen LogP contribution in [0.25, 0.3) is 0 Å². The zero-order valence-corrected chi connectivity index (χ0v) is 15.9. The fourth-order valence-electron chi connectivity index (χ4n) is 2.10. The summed E-state index contributed by atoms with van der Waals surface area (Å²) >= 11 is 5.30. The van der Waals surface area contributed by atoms with E-state index in [1.165, 1.54) is 0 Å². The maximum Gasteiger partial charge on any atom is 0.231 e. The van der Waals surface area contributed by atoms with Crippen LogP contribution in [-0.4, -0.2) is 27.7 Å². The lowest BCUT2D eigenvalue weighted by Crippen LogP contribution is -2.35. The highest BCUT2D eigenvalue weighted by Gasteiger charge is 2.07. The van der Waals surface area contributed by atoms with Gasteiger partial charge < -0.3 is 20.7 Å². The molecule has 1 aromatic carbocycles. The number of anilines is 3. The summed E-state index contributed by atoms with van der Waals surface area (Å²) in [5, 5.41) is 10.0. The van der Waals surface area contributed by atoms with Gasteiger partial charge in [0.1, 0.15) is 11.6 Å². The van der Waals surface area contributed by atoms with Gasteiger partial charge in [0.2, 0.25) is 5.95 Å². The normalized spacial score (nSPS) is 11.5. The Labute approximate surface area is 154 Å². The molecule has 0 saturated carbocycles. The third-order valence-electron chi connectivity index (χ3n) is 3.51. The summed E-state index contributed by atoms with van der Waals surface area (Å²) in [6.45, 7) is 8.70. The summed E-state index contributed by atoms with van der Waals surface area (Å²) in [5.74, 6) is 2.01. The number of aryl methyl sites for hydroxylation is 1. The molecular formula is C18H25N5OS. The van der Waals surface area contributed by atoms with E-state index in [-0.39, 0.29) is 0 Å². The maximum absolute atomic E-state index is 5.45. The van der Waals surface area contributed by atoms with Crippen molar-refractivity contribution in [2.24, 2.45) is 0 Å². The van der Waals surface area contributed by atoms with E-state index in [0.717, 1.165) is 23.6 Å². The van der Waals surface area contributed by atoms with E-state index in [2.05, 4.69) is 39.8 Å². The molecule has 0 saturated heterocycles. The average Bonchev–Trinajstić information content (AvgIpc) is 2.56. The molecule has 134 valence electrons. The zero-order valence-electron chi connectivity index (χ0n) is 15.1.